The minimum Gasteiger partial charge on any atom is -0.376 e. The fraction of sp³-hybridized carbons (Fsp3) is 0.667. The van der Waals surface area contributed by atoms with Crippen LogP contribution in [0.1, 0.15) is 44.2 Å². The molecule has 1 aromatic carbocycles. The number of hydrogen-bond acceptors (Lipinski definition) is 3. The zero-order valence-corrected chi connectivity index (χ0v) is 13.9. The molecule has 0 aliphatic carbocycles. The van der Waals surface area contributed by atoms with E-state index in [0.29, 0.717) is 18.1 Å². The first kappa shape index (κ1) is 16.5. The monoisotopic (exact) mass is 290 g/mol. The first-order chi connectivity index (χ1) is 10.1. The predicted molar refractivity (Wildman–Crippen MR) is 88.7 cm³/mol. The van der Waals surface area contributed by atoms with Crippen LogP contribution in [-0.2, 0) is 11.3 Å². The van der Waals surface area contributed by atoms with Gasteiger partial charge in [-0.2, -0.15) is 0 Å². The summed E-state index contributed by atoms with van der Waals surface area (Å²) in [6, 6.07) is 9.69. The van der Waals surface area contributed by atoms with Crippen molar-refractivity contribution in [1.82, 2.24) is 10.2 Å². The van der Waals surface area contributed by atoms with Gasteiger partial charge in [0, 0.05) is 25.7 Å². The van der Waals surface area contributed by atoms with Gasteiger partial charge in [0.15, 0.2) is 0 Å². The van der Waals surface area contributed by atoms with Crippen molar-refractivity contribution in [2.45, 2.75) is 51.8 Å². The zero-order valence-electron chi connectivity index (χ0n) is 13.9. The molecule has 0 amide bonds. The molecule has 118 valence electrons. The van der Waals surface area contributed by atoms with Gasteiger partial charge in [-0.25, -0.2) is 0 Å². The largest absolute Gasteiger partial charge is 0.376 e. The van der Waals surface area contributed by atoms with Gasteiger partial charge >= 0.3 is 0 Å². The van der Waals surface area contributed by atoms with Gasteiger partial charge in [0.05, 0.1) is 12.7 Å². The summed E-state index contributed by atoms with van der Waals surface area (Å²) in [6.07, 6.45) is 1.51. The second kappa shape index (κ2) is 7.92. The standard InChI is InChI=1S/C18H30N2O/c1-5-18-13-21-15(3)11-20(18)12-16-6-8-17(9-7-16)14(2)10-19-4/h6-9,14-15,18-19H,5,10-13H2,1-4H3. The Labute approximate surface area is 129 Å². The minimum absolute atomic E-state index is 0.350. The number of nitrogens with zero attached hydrogens (tertiary/aromatic N) is 1. The number of rotatable bonds is 6. The predicted octanol–water partition coefficient (Wildman–Crippen LogP) is 3.01. The quantitative estimate of drug-likeness (QED) is 0.871. The zero-order chi connectivity index (χ0) is 15.2. The van der Waals surface area contributed by atoms with Gasteiger partial charge in [0.1, 0.15) is 0 Å². The Morgan fingerprint density at radius 1 is 1.33 bits per heavy atom. The number of morpholine rings is 1. The molecule has 3 heteroatoms. The molecule has 0 saturated carbocycles. The molecule has 1 aliphatic rings. The van der Waals surface area contributed by atoms with Crippen molar-refractivity contribution in [3.63, 3.8) is 0 Å². The third kappa shape index (κ3) is 4.53. The van der Waals surface area contributed by atoms with Crippen LogP contribution in [0.25, 0.3) is 0 Å². The fourth-order valence-corrected chi connectivity index (χ4v) is 3.09. The van der Waals surface area contributed by atoms with E-state index >= 15 is 0 Å². The third-order valence-corrected chi connectivity index (χ3v) is 4.50. The second-order valence-electron chi connectivity index (χ2n) is 6.34. The summed E-state index contributed by atoms with van der Waals surface area (Å²) in [5.74, 6) is 0.566. The molecule has 1 fully saturated rings. The van der Waals surface area contributed by atoms with E-state index in [9.17, 15) is 0 Å². The van der Waals surface area contributed by atoms with E-state index in [0.717, 1.165) is 32.7 Å². The van der Waals surface area contributed by atoms with Crippen LogP contribution in [0.2, 0.25) is 0 Å². The molecule has 3 nitrogen and oxygen atoms in total. The highest BCUT2D eigenvalue weighted by atomic mass is 16.5. The maximum absolute atomic E-state index is 5.78. The Hall–Kier alpha value is -0.900. The van der Waals surface area contributed by atoms with E-state index in [-0.39, 0.29) is 0 Å². The number of hydrogen-bond donors (Lipinski definition) is 1. The van der Waals surface area contributed by atoms with Gasteiger partial charge in [0.25, 0.3) is 0 Å². The summed E-state index contributed by atoms with van der Waals surface area (Å²) < 4.78 is 5.78. The van der Waals surface area contributed by atoms with Gasteiger partial charge in [-0.15, -0.1) is 0 Å². The van der Waals surface area contributed by atoms with E-state index in [1.54, 1.807) is 0 Å². The van der Waals surface area contributed by atoms with Crippen molar-refractivity contribution in [1.29, 1.82) is 0 Å². The van der Waals surface area contributed by atoms with Crippen molar-refractivity contribution in [3.8, 4) is 0 Å². The lowest BCUT2D eigenvalue weighted by molar-refractivity contribution is -0.0592. The number of likely N-dealkylation sites (N-methyl/N-ethyl adjacent to an activating group) is 1. The molecule has 1 saturated heterocycles. The van der Waals surface area contributed by atoms with E-state index in [1.165, 1.54) is 11.1 Å². The van der Waals surface area contributed by atoms with Crippen LogP contribution in [0.3, 0.4) is 0 Å². The molecular weight excluding hydrogens is 260 g/mol. The highest BCUT2D eigenvalue weighted by Gasteiger charge is 2.25. The van der Waals surface area contributed by atoms with Crippen molar-refractivity contribution >= 4 is 0 Å². The molecule has 0 radical (unpaired) electrons. The van der Waals surface area contributed by atoms with E-state index in [2.05, 4.69) is 55.3 Å². The van der Waals surface area contributed by atoms with Crippen LogP contribution in [0.15, 0.2) is 24.3 Å². The van der Waals surface area contributed by atoms with E-state index < -0.39 is 0 Å². The lowest BCUT2D eigenvalue weighted by atomic mass is 9.99. The van der Waals surface area contributed by atoms with Crippen molar-refractivity contribution in [3.05, 3.63) is 35.4 Å². The Kier molecular flexibility index (Phi) is 6.22. The van der Waals surface area contributed by atoms with Gasteiger partial charge < -0.3 is 10.1 Å². The molecule has 1 heterocycles. The highest BCUT2D eigenvalue weighted by molar-refractivity contribution is 5.25. The van der Waals surface area contributed by atoms with Crippen LogP contribution < -0.4 is 5.32 Å². The number of ether oxygens (including phenoxy) is 1. The molecule has 0 spiro atoms. The molecule has 1 N–H and O–H groups in total. The third-order valence-electron chi connectivity index (χ3n) is 4.50. The molecule has 2 rings (SSSR count). The fourth-order valence-electron chi connectivity index (χ4n) is 3.09. The van der Waals surface area contributed by atoms with Crippen LogP contribution >= 0.6 is 0 Å². The van der Waals surface area contributed by atoms with Crippen LogP contribution in [0, 0.1) is 0 Å². The van der Waals surface area contributed by atoms with E-state index in [1.807, 2.05) is 7.05 Å². The molecule has 3 unspecified atom stereocenters. The molecule has 1 aliphatic heterocycles. The Morgan fingerprint density at radius 3 is 2.67 bits per heavy atom. The Morgan fingerprint density at radius 2 is 2.05 bits per heavy atom. The van der Waals surface area contributed by atoms with Crippen LogP contribution in [0.5, 0.6) is 0 Å². The van der Waals surface area contributed by atoms with Gasteiger partial charge in [-0.1, -0.05) is 38.1 Å². The van der Waals surface area contributed by atoms with Gasteiger partial charge in [0.2, 0.25) is 0 Å². The SMILES string of the molecule is CCC1COC(C)CN1Cc1ccc(C(C)CNC)cc1. The summed E-state index contributed by atoms with van der Waals surface area (Å²) in [5.41, 5.74) is 2.82. The summed E-state index contributed by atoms with van der Waals surface area (Å²) in [6.45, 7) is 10.7. The maximum atomic E-state index is 5.78. The Bertz CT molecular complexity index is 418. The topological polar surface area (TPSA) is 24.5 Å². The first-order valence-corrected chi connectivity index (χ1v) is 8.23. The molecular formula is C18H30N2O. The molecule has 3 atom stereocenters. The molecule has 1 aromatic rings. The van der Waals surface area contributed by atoms with Gasteiger partial charge in [-0.3, -0.25) is 4.90 Å². The lowest BCUT2D eigenvalue weighted by Crippen LogP contribution is -2.47. The second-order valence-corrected chi connectivity index (χ2v) is 6.34. The molecule has 21 heavy (non-hydrogen) atoms. The average molecular weight is 290 g/mol. The maximum Gasteiger partial charge on any atom is 0.0674 e. The van der Waals surface area contributed by atoms with Crippen LogP contribution in [-0.4, -0.2) is 43.8 Å². The lowest BCUT2D eigenvalue weighted by Gasteiger charge is -2.38. The highest BCUT2D eigenvalue weighted by Crippen LogP contribution is 2.20. The first-order valence-electron chi connectivity index (χ1n) is 8.23. The van der Waals surface area contributed by atoms with Crippen molar-refractivity contribution in [2.75, 3.05) is 26.7 Å². The summed E-state index contributed by atoms with van der Waals surface area (Å²) in [4.78, 5) is 2.57. The van der Waals surface area contributed by atoms with Crippen molar-refractivity contribution in [2.24, 2.45) is 0 Å². The average Bonchev–Trinajstić information content (AvgIpc) is 2.48. The van der Waals surface area contributed by atoms with Gasteiger partial charge in [-0.05, 0) is 37.4 Å². The smallest absolute Gasteiger partial charge is 0.0674 e. The summed E-state index contributed by atoms with van der Waals surface area (Å²) >= 11 is 0. The van der Waals surface area contributed by atoms with Crippen molar-refractivity contribution < 1.29 is 4.74 Å². The Balaban J connectivity index is 1.98. The minimum atomic E-state index is 0.350. The van der Waals surface area contributed by atoms with E-state index in [4.69, 9.17) is 4.74 Å². The summed E-state index contributed by atoms with van der Waals surface area (Å²) in [7, 11) is 2.01. The number of benzene rings is 1. The number of nitrogens with one attached hydrogen (secondary N) is 1. The van der Waals surface area contributed by atoms with Crippen LogP contribution in [0.4, 0.5) is 0 Å². The molecule has 0 aromatic heterocycles. The molecule has 0 bridgehead atoms. The summed E-state index contributed by atoms with van der Waals surface area (Å²) in [5, 5.41) is 3.24. The normalized spacial score (nSPS) is 25.0.